The van der Waals surface area contributed by atoms with Gasteiger partial charge in [-0.05, 0) is 0 Å². The summed E-state index contributed by atoms with van der Waals surface area (Å²) >= 11 is 3.28. The van der Waals surface area contributed by atoms with Gasteiger partial charge in [0.1, 0.15) is 6.10 Å². The Bertz CT molecular complexity index is 352. The van der Waals surface area contributed by atoms with Crippen molar-refractivity contribution >= 4 is 27.8 Å². The van der Waals surface area contributed by atoms with Gasteiger partial charge in [0.15, 0.2) is 5.82 Å². The predicted molar refractivity (Wildman–Crippen MR) is 54.6 cm³/mol. The largest absolute Gasteiger partial charge is 0.443 e. The van der Waals surface area contributed by atoms with Gasteiger partial charge in [0.2, 0.25) is 0 Å². The van der Waals surface area contributed by atoms with E-state index < -0.39 is 0 Å². The molecule has 0 N–H and O–H groups in total. The molecule has 0 aliphatic carbocycles. The SMILES string of the molecule is Cn1ccc(N2CC(CBr)OC2=O)n1. The van der Waals surface area contributed by atoms with Gasteiger partial charge in [0.05, 0.1) is 6.54 Å². The third-order valence-corrected chi connectivity index (χ3v) is 2.74. The maximum Gasteiger partial charge on any atom is 0.416 e. The molecule has 2 heterocycles. The van der Waals surface area contributed by atoms with E-state index in [0.29, 0.717) is 17.7 Å². The minimum atomic E-state index is -0.326. The Kier molecular flexibility index (Phi) is 2.45. The number of aromatic nitrogens is 2. The van der Waals surface area contributed by atoms with Crippen LogP contribution in [0.4, 0.5) is 10.6 Å². The number of rotatable bonds is 2. The molecule has 1 fully saturated rings. The third-order valence-electron chi connectivity index (χ3n) is 2.02. The van der Waals surface area contributed by atoms with Crippen molar-refractivity contribution in [3.63, 3.8) is 0 Å². The number of amides is 1. The second kappa shape index (κ2) is 3.61. The zero-order valence-corrected chi connectivity index (χ0v) is 9.27. The molecule has 0 aromatic carbocycles. The van der Waals surface area contributed by atoms with E-state index in [0.717, 1.165) is 0 Å². The summed E-state index contributed by atoms with van der Waals surface area (Å²) in [5, 5.41) is 4.79. The fraction of sp³-hybridized carbons (Fsp3) is 0.500. The van der Waals surface area contributed by atoms with Gasteiger partial charge >= 0.3 is 6.09 Å². The van der Waals surface area contributed by atoms with Crippen LogP contribution < -0.4 is 4.90 Å². The summed E-state index contributed by atoms with van der Waals surface area (Å²) in [5.74, 6) is 0.640. The number of alkyl halides is 1. The van der Waals surface area contributed by atoms with Gasteiger partial charge in [-0.3, -0.25) is 9.58 Å². The van der Waals surface area contributed by atoms with Crippen molar-refractivity contribution in [3.05, 3.63) is 12.3 Å². The van der Waals surface area contributed by atoms with E-state index in [9.17, 15) is 4.79 Å². The number of cyclic esters (lactones) is 1. The van der Waals surface area contributed by atoms with Crippen molar-refractivity contribution in [1.82, 2.24) is 9.78 Å². The summed E-state index contributed by atoms with van der Waals surface area (Å²) in [6, 6.07) is 1.79. The van der Waals surface area contributed by atoms with Crippen LogP contribution in [0.1, 0.15) is 0 Å². The summed E-state index contributed by atoms with van der Waals surface area (Å²) < 4.78 is 6.73. The lowest BCUT2D eigenvalue weighted by atomic mass is 10.4. The highest BCUT2D eigenvalue weighted by molar-refractivity contribution is 9.09. The van der Waals surface area contributed by atoms with Crippen LogP contribution in [0.25, 0.3) is 0 Å². The van der Waals surface area contributed by atoms with Crippen LogP contribution in [0.5, 0.6) is 0 Å². The van der Waals surface area contributed by atoms with Gasteiger partial charge in [-0.1, -0.05) is 15.9 Å². The second-order valence-electron chi connectivity index (χ2n) is 3.12. The van der Waals surface area contributed by atoms with E-state index in [1.54, 1.807) is 16.9 Å². The van der Waals surface area contributed by atoms with Crippen molar-refractivity contribution < 1.29 is 9.53 Å². The summed E-state index contributed by atoms with van der Waals surface area (Å²) in [7, 11) is 1.81. The molecule has 1 atom stereocenters. The summed E-state index contributed by atoms with van der Waals surface area (Å²) in [6.45, 7) is 0.557. The number of halogens is 1. The first kappa shape index (κ1) is 9.51. The Balaban J connectivity index is 2.16. The van der Waals surface area contributed by atoms with E-state index in [1.165, 1.54) is 4.90 Å². The van der Waals surface area contributed by atoms with Crippen LogP contribution in [0.15, 0.2) is 12.3 Å². The molecule has 1 aliphatic heterocycles. The Labute approximate surface area is 89.8 Å². The number of hydrogen-bond donors (Lipinski definition) is 0. The molecule has 1 aromatic heterocycles. The highest BCUT2D eigenvalue weighted by Gasteiger charge is 2.32. The van der Waals surface area contributed by atoms with Crippen LogP contribution in [0.2, 0.25) is 0 Å². The van der Waals surface area contributed by atoms with Crippen molar-refractivity contribution in [3.8, 4) is 0 Å². The molecule has 1 saturated heterocycles. The molecule has 0 radical (unpaired) electrons. The van der Waals surface area contributed by atoms with Crippen molar-refractivity contribution in [2.24, 2.45) is 7.05 Å². The van der Waals surface area contributed by atoms with Crippen molar-refractivity contribution in [1.29, 1.82) is 0 Å². The molecule has 76 valence electrons. The van der Waals surface area contributed by atoms with E-state index in [1.807, 2.05) is 7.05 Å². The lowest BCUT2D eigenvalue weighted by Gasteiger charge is -2.07. The average Bonchev–Trinajstić information content (AvgIpc) is 2.71. The number of anilines is 1. The van der Waals surface area contributed by atoms with Gasteiger partial charge in [-0.15, -0.1) is 0 Å². The molecular formula is C8H10BrN3O2. The van der Waals surface area contributed by atoms with Gasteiger partial charge in [-0.2, -0.15) is 5.10 Å². The van der Waals surface area contributed by atoms with Gasteiger partial charge in [0, 0.05) is 24.6 Å². The molecular weight excluding hydrogens is 250 g/mol. The fourth-order valence-corrected chi connectivity index (χ4v) is 1.67. The lowest BCUT2D eigenvalue weighted by molar-refractivity contribution is 0.152. The molecule has 0 saturated carbocycles. The molecule has 1 aromatic rings. The number of carbonyl (C=O) groups is 1. The van der Waals surface area contributed by atoms with Gasteiger partial charge in [0.25, 0.3) is 0 Å². The molecule has 0 spiro atoms. The molecule has 0 bridgehead atoms. The molecule has 1 aliphatic rings. The summed E-state index contributed by atoms with van der Waals surface area (Å²) in [4.78, 5) is 12.9. The quantitative estimate of drug-likeness (QED) is 0.749. The zero-order valence-electron chi connectivity index (χ0n) is 7.68. The smallest absolute Gasteiger partial charge is 0.416 e. The number of hydrogen-bond acceptors (Lipinski definition) is 3. The first-order chi connectivity index (χ1) is 6.70. The van der Waals surface area contributed by atoms with Crippen LogP contribution in [0, 0.1) is 0 Å². The minimum absolute atomic E-state index is 0.0792. The van der Waals surface area contributed by atoms with Crippen LogP contribution >= 0.6 is 15.9 Å². The molecule has 5 nitrogen and oxygen atoms in total. The Morgan fingerprint density at radius 3 is 3.07 bits per heavy atom. The molecule has 2 rings (SSSR count). The zero-order chi connectivity index (χ0) is 10.1. The van der Waals surface area contributed by atoms with Crippen LogP contribution in [0.3, 0.4) is 0 Å². The van der Waals surface area contributed by atoms with Gasteiger partial charge in [-0.25, -0.2) is 4.79 Å². The molecule has 14 heavy (non-hydrogen) atoms. The fourth-order valence-electron chi connectivity index (χ4n) is 1.34. The lowest BCUT2D eigenvalue weighted by Crippen LogP contribution is -2.25. The Hall–Kier alpha value is -1.04. The molecule has 6 heteroatoms. The van der Waals surface area contributed by atoms with E-state index in [2.05, 4.69) is 21.0 Å². The highest BCUT2D eigenvalue weighted by Crippen LogP contribution is 2.19. The summed E-state index contributed by atoms with van der Waals surface area (Å²) in [5.41, 5.74) is 0. The highest BCUT2D eigenvalue weighted by atomic mass is 79.9. The van der Waals surface area contributed by atoms with Crippen LogP contribution in [-0.2, 0) is 11.8 Å². The first-order valence-electron chi connectivity index (χ1n) is 4.24. The minimum Gasteiger partial charge on any atom is -0.443 e. The molecule has 1 unspecified atom stereocenters. The topological polar surface area (TPSA) is 47.4 Å². The summed E-state index contributed by atoms with van der Waals surface area (Å²) in [6.07, 6.45) is 1.39. The normalized spacial score (nSPS) is 21.4. The average molecular weight is 260 g/mol. The van der Waals surface area contributed by atoms with Crippen molar-refractivity contribution in [2.75, 3.05) is 16.8 Å². The molecule has 1 amide bonds. The first-order valence-corrected chi connectivity index (χ1v) is 5.36. The maximum atomic E-state index is 11.4. The standard InChI is InChI=1S/C8H10BrN3O2/c1-11-3-2-7(10-11)12-5-6(4-9)14-8(12)13/h2-3,6H,4-5H2,1H3. The number of ether oxygens (including phenoxy) is 1. The third kappa shape index (κ3) is 1.61. The van der Waals surface area contributed by atoms with Crippen molar-refractivity contribution in [2.45, 2.75) is 6.10 Å². The van der Waals surface area contributed by atoms with Crippen LogP contribution in [-0.4, -0.2) is 33.9 Å². The Morgan fingerprint density at radius 2 is 2.57 bits per heavy atom. The van der Waals surface area contributed by atoms with E-state index in [-0.39, 0.29) is 12.2 Å². The Morgan fingerprint density at radius 1 is 1.79 bits per heavy atom. The number of carbonyl (C=O) groups excluding carboxylic acids is 1. The maximum absolute atomic E-state index is 11.4. The predicted octanol–water partition coefficient (Wildman–Crippen LogP) is 1.14. The second-order valence-corrected chi connectivity index (χ2v) is 3.77. The van der Waals surface area contributed by atoms with Gasteiger partial charge < -0.3 is 4.74 Å². The van der Waals surface area contributed by atoms with E-state index in [4.69, 9.17) is 4.74 Å². The number of aryl methyl sites for hydroxylation is 1. The monoisotopic (exact) mass is 259 g/mol. The van der Waals surface area contributed by atoms with E-state index >= 15 is 0 Å². The number of nitrogens with zero attached hydrogens (tertiary/aromatic N) is 3.